The lowest BCUT2D eigenvalue weighted by Gasteiger charge is -2.18. The number of carbonyl (C=O) groups excluding carboxylic acids is 3. The molecule has 3 aromatic rings. The van der Waals surface area contributed by atoms with Gasteiger partial charge in [0.05, 0.1) is 12.8 Å². The second-order valence-corrected chi connectivity index (χ2v) is 6.73. The molecule has 29 heavy (non-hydrogen) atoms. The SMILES string of the molecule is COc1ccc(-n2c(=O)c(C(=O)C3C(=O)CCCC3=O)nc3cccnc32)cc1. The molecule has 1 aliphatic carbocycles. The maximum atomic E-state index is 13.2. The van der Waals surface area contributed by atoms with Gasteiger partial charge in [-0.3, -0.25) is 23.7 Å². The predicted molar refractivity (Wildman–Crippen MR) is 103 cm³/mol. The molecule has 0 N–H and O–H groups in total. The van der Waals surface area contributed by atoms with Crippen molar-refractivity contribution in [2.45, 2.75) is 19.3 Å². The third kappa shape index (κ3) is 3.22. The smallest absolute Gasteiger partial charge is 0.286 e. The van der Waals surface area contributed by atoms with Crippen LogP contribution < -0.4 is 10.3 Å². The van der Waals surface area contributed by atoms with Crippen LogP contribution in [0.3, 0.4) is 0 Å². The Morgan fingerprint density at radius 2 is 1.76 bits per heavy atom. The second kappa shape index (κ2) is 7.38. The highest BCUT2D eigenvalue weighted by molar-refractivity contribution is 6.24. The summed E-state index contributed by atoms with van der Waals surface area (Å²) in [7, 11) is 1.53. The van der Waals surface area contributed by atoms with Crippen LogP contribution in [0.5, 0.6) is 5.75 Å². The number of aromatic nitrogens is 3. The maximum absolute atomic E-state index is 13.2. The van der Waals surface area contributed by atoms with Gasteiger partial charge in [0.1, 0.15) is 17.2 Å². The molecule has 0 atom stereocenters. The van der Waals surface area contributed by atoms with Crippen LogP contribution >= 0.6 is 0 Å². The van der Waals surface area contributed by atoms with Crippen LogP contribution in [-0.2, 0) is 9.59 Å². The van der Waals surface area contributed by atoms with Crippen LogP contribution in [0.1, 0.15) is 29.8 Å². The second-order valence-electron chi connectivity index (χ2n) is 6.73. The summed E-state index contributed by atoms with van der Waals surface area (Å²) in [6.45, 7) is 0. The first-order chi connectivity index (χ1) is 14.0. The van der Waals surface area contributed by atoms with E-state index in [1.54, 1.807) is 36.4 Å². The van der Waals surface area contributed by atoms with E-state index in [1.807, 2.05) is 0 Å². The lowest BCUT2D eigenvalue weighted by atomic mass is 9.83. The van der Waals surface area contributed by atoms with E-state index in [2.05, 4.69) is 9.97 Å². The van der Waals surface area contributed by atoms with Crippen molar-refractivity contribution in [3.63, 3.8) is 0 Å². The molecule has 0 saturated heterocycles. The monoisotopic (exact) mass is 391 g/mol. The molecule has 8 heteroatoms. The molecule has 146 valence electrons. The van der Waals surface area contributed by atoms with Crippen molar-refractivity contribution in [2.75, 3.05) is 7.11 Å². The average molecular weight is 391 g/mol. The van der Waals surface area contributed by atoms with Crippen molar-refractivity contribution in [2.24, 2.45) is 5.92 Å². The summed E-state index contributed by atoms with van der Waals surface area (Å²) >= 11 is 0. The number of hydrogen-bond donors (Lipinski definition) is 0. The van der Waals surface area contributed by atoms with Gasteiger partial charge in [0.2, 0.25) is 5.78 Å². The van der Waals surface area contributed by atoms with E-state index < -0.39 is 34.5 Å². The molecule has 0 unspecified atom stereocenters. The average Bonchev–Trinajstić information content (AvgIpc) is 2.73. The number of methoxy groups -OCH3 is 1. The molecule has 4 rings (SSSR count). The quantitative estimate of drug-likeness (QED) is 0.494. The molecule has 8 nitrogen and oxygen atoms in total. The van der Waals surface area contributed by atoms with E-state index in [1.165, 1.54) is 17.9 Å². The summed E-state index contributed by atoms with van der Waals surface area (Å²) in [5.41, 5.74) is -0.132. The maximum Gasteiger partial charge on any atom is 0.286 e. The summed E-state index contributed by atoms with van der Waals surface area (Å²) in [6, 6.07) is 9.89. The van der Waals surface area contributed by atoms with Gasteiger partial charge in [-0.25, -0.2) is 9.97 Å². The van der Waals surface area contributed by atoms with Crippen LogP contribution in [0.25, 0.3) is 16.9 Å². The first kappa shape index (κ1) is 18.7. The molecule has 1 fully saturated rings. The number of Topliss-reactive ketones (excluding diaryl/α,β-unsaturated/α-hetero) is 3. The number of benzene rings is 1. The zero-order chi connectivity index (χ0) is 20.5. The fourth-order valence-electron chi connectivity index (χ4n) is 3.48. The van der Waals surface area contributed by atoms with Gasteiger partial charge in [-0.2, -0.15) is 0 Å². The largest absolute Gasteiger partial charge is 0.497 e. The number of rotatable bonds is 4. The van der Waals surface area contributed by atoms with E-state index in [-0.39, 0.29) is 18.5 Å². The van der Waals surface area contributed by atoms with Gasteiger partial charge in [-0.05, 0) is 42.8 Å². The topological polar surface area (TPSA) is 108 Å². The Balaban J connectivity index is 1.93. The van der Waals surface area contributed by atoms with Crippen molar-refractivity contribution in [3.8, 4) is 11.4 Å². The Kier molecular flexibility index (Phi) is 4.75. The van der Waals surface area contributed by atoms with Gasteiger partial charge in [0.15, 0.2) is 22.9 Å². The van der Waals surface area contributed by atoms with Gasteiger partial charge >= 0.3 is 0 Å². The summed E-state index contributed by atoms with van der Waals surface area (Å²) in [6.07, 6.45) is 2.22. The van der Waals surface area contributed by atoms with Gasteiger partial charge in [0.25, 0.3) is 5.56 Å². The first-order valence-corrected chi connectivity index (χ1v) is 9.13. The predicted octanol–water partition coefficient (Wildman–Crippen LogP) is 1.91. The van der Waals surface area contributed by atoms with Crippen molar-refractivity contribution in [3.05, 3.63) is 58.6 Å². The fourth-order valence-corrected chi connectivity index (χ4v) is 3.48. The van der Waals surface area contributed by atoms with Crippen LogP contribution in [-0.4, -0.2) is 39.0 Å². The number of hydrogen-bond acceptors (Lipinski definition) is 7. The zero-order valence-electron chi connectivity index (χ0n) is 15.6. The minimum absolute atomic E-state index is 0.143. The number of ketones is 3. The van der Waals surface area contributed by atoms with E-state index in [0.29, 0.717) is 23.4 Å². The summed E-state index contributed by atoms with van der Waals surface area (Å²) in [5.74, 6) is -2.63. The number of fused-ring (bicyclic) bond motifs is 1. The van der Waals surface area contributed by atoms with Gasteiger partial charge in [0, 0.05) is 19.0 Å². The fraction of sp³-hybridized carbons (Fsp3) is 0.238. The lowest BCUT2D eigenvalue weighted by molar-refractivity contribution is -0.133. The Morgan fingerprint density at radius 1 is 1.07 bits per heavy atom. The number of ether oxygens (including phenoxy) is 1. The Labute approximate surface area is 165 Å². The minimum Gasteiger partial charge on any atom is -0.497 e. The van der Waals surface area contributed by atoms with Crippen molar-refractivity contribution >= 4 is 28.5 Å². The molecule has 0 amide bonds. The number of nitrogens with zero attached hydrogens (tertiary/aromatic N) is 3. The highest BCUT2D eigenvalue weighted by atomic mass is 16.5. The lowest BCUT2D eigenvalue weighted by Crippen LogP contribution is -2.39. The standard InChI is InChI=1S/C21H17N3O5/c1-29-13-9-7-12(8-10-13)24-20-14(4-3-11-22-20)23-18(21(24)28)19(27)17-15(25)5-2-6-16(17)26/h3-4,7-11,17H,2,5-6H2,1H3. The van der Waals surface area contributed by atoms with E-state index in [0.717, 1.165) is 0 Å². The molecule has 1 aliphatic rings. The summed E-state index contributed by atoms with van der Waals surface area (Å²) in [5, 5.41) is 0. The van der Waals surface area contributed by atoms with E-state index >= 15 is 0 Å². The van der Waals surface area contributed by atoms with Crippen LogP contribution in [0.15, 0.2) is 47.4 Å². The van der Waals surface area contributed by atoms with E-state index in [4.69, 9.17) is 4.74 Å². The molecule has 0 bridgehead atoms. The summed E-state index contributed by atoms with van der Waals surface area (Å²) in [4.78, 5) is 59.1. The molecule has 1 saturated carbocycles. The molecule has 2 heterocycles. The molecule has 0 spiro atoms. The molecule has 2 aromatic heterocycles. The Hall–Kier alpha value is -3.68. The third-order valence-corrected chi connectivity index (χ3v) is 4.93. The van der Waals surface area contributed by atoms with Gasteiger partial charge < -0.3 is 4.74 Å². The Morgan fingerprint density at radius 3 is 2.41 bits per heavy atom. The molecule has 1 aromatic carbocycles. The van der Waals surface area contributed by atoms with Crippen LogP contribution in [0.4, 0.5) is 0 Å². The summed E-state index contributed by atoms with van der Waals surface area (Å²) < 4.78 is 6.40. The van der Waals surface area contributed by atoms with Crippen molar-refractivity contribution in [1.29, 1.82) is 0 Å². The highest BCUT2D eigenvalue weighted by Crippen LogP contribution is 2.22. The van der Waals surface area contributed by atoms with Gasteiger partial charge in [-0.15, -0.1) is 0 Å². The molecular formula is C21H17N3O5. The highest BCUT2D eigenvalue weighted by Gasteiger charge is 2.38. The van der Waals surface area contributed by atoms with Crippen LogP contribution in [0.2, 0.25) is 0 Å². The molecular weight excluding hydrogens is 374 g/mol. The molecule has 0 aliphatic heterocycles. The van der Waals surface area contributed by atoms with Crippen molar-refractivity contribution < 1.29 is 19.1 Å². The number of pyridine rings is 1. The first-order valence-electron chi connectivity index (χ1n) is 9.13. The Bertz CT molecular complexity index is 1180. The van der Waals surface area contributed by atoms with Crippen molar-refractivity contribution in [1.82, 2.24) is 14.5 Å². The van der Waals surface area contributed by atoms with Crippen LogP contribution in [0, 0.1) is 5.92 Å². The third-order valence-electron chi connectivity index (χ3n) is 4.93. The normalized spacial score (nSPS) is 14.9. The minimum atomic E-state index is -1.46. The zero-order valence-corrected chi connectivity index (χ0v) is 15.6. The van der Waals surface area contributed by atoms with E-state index in [9.17, 15) is 19.2 Å². The number of carbonyl (C=O) groups is 3. The van der Waals surface area contributed by atoms with Gasteiger partial charge in [-0.1, -0.05) is 0 Å². The molecule has 0 radical (unpaired) electrons.